The molecule has 0 aromatic heterocycles. The molecule has 1 aromatic rings. The number of benzene rings is 1. The average Bonchev–Trinajstić information content (AvgIpc) is 2.44. The van der Waals surface area contributed by atoms with Gasteiger partial charge in [-0.25, -0.2) is 4.79 Å². The predicted molar refractivity (Wildman–Crippen MR) is 77.5 cm³/mol. The number of rotatable bonds is 8. The fraction of sp³-hybridized carbons (Fsp3) is 0.467. The molecule has 1 amide bonds. The Morgan fingerprint density at radius 3 is 2.57 bits per heavy atom. The number of ether oxygens (including phenoxy) is 2. The van der Waals surface area contributed by atoms with Gasteiger partial charge in [0.25, 0.3) is 5.91 Å². The van der Waals surface area contributed by atoms with Gasteiger partial charge in [0.15, 0.2) is 0 Å². The summed E-state index contributed by atoms with van der Waals surface area (Å²) in [5.41, 5.74) is 0.358. The van der Waals surface area contributed by atoms with E-state index in [9.17, 15) is 9.59 Å². The maximum atomic E-state index is 12.1. The third-order valence-electron chi connectivity index (χ3n) is 2.87. The highest BCUT2D eigenvalue weighted by Crippen LogP contribution is 2.14. The maximum Gasteiger partial charge on any atom is 0.326 e. The van der Waals surface area contributed by atoms with Gasteiger partial charge in [-0.2, -0.15) is 0 Å². The number of carbonyl (C=O) groups is 2. The van der Waals surface area contributed by atoms with Crippen molar-refractivity contribution in [2.45, 2.75) is 19.9 Å². The Morgan fingerprint density at radius 2 is 2.00 bits per heavy atom. The van der Waals surface area contributed by atoms with Gasteiger partial charge in [-0.3, -0.25) is 4.79 Å². The van der Waals surface area contributed by atoms with Crippen LogP contribution in [-0.4, -0.2) is 43.3 Å². The van der Waals surface area contributed by atoms with Crippen LogP contribution in [0.4, 0.5) is 0 Å². The molecule has 116 valence electrons. The Morgan fingerprint density at radius 1 is 1.29 bits per heavy atom. The standard InChI is InChI=1S/C15H21NO5/c1-10(2)13(15(18)19)16-14(17)11-5-4-6-12(9-11)21-8-7-20-3/h4-6,9-10,13H,7-8H2,1-3H3,(H,16,17)(H,18,19). The van der Waals surface area contributed by atoms with Crippen LogP contribution in [0.15, 0.2) is 24.3 Å². The van der Waals surface area contributed by atoms with Crippen molar-refractivity contribution in [3.8, 4) is 5.75 Å². The monoisotopic (exact) mass is 295 g/mol. The number of nitrogens with one attached hydrogen (secondary N) is 1. The van der Waals surface area contributed by atoms with Crippen LogP contribution in [-0.2, 0) is 9.53 Å². The molecule has 0 heterocycles. The molecule has 1 atom stereocenters. The van der Waals surface area contributed by atoms with Crippen molar-refractivity contribution in [1.29, 1.82) is 0 Å². The first-order chi connectivity index (χ1) is 9.95. The van der Waals surface area contributed by atoms with E-state index in [1.54, 1.807) is 45.2 Å². The largest absolute Gasteiger partial charge is 0.491 e. The van der Waals surface area contributed by atoms with Gasteiger partial charge in [0.1, 0.15) is 18.4 Å². The number of carboxylic acids is 1. The molecule has 0 bridgehead atoms. The van der Waals surface area contributed by atoms with Gasteiger partial charge < -0.3 is 19.9 Å². The minimum absolute atomic E-state index is 0.201. The highest BCUT2D eigenvalue weighted by atomic mass is 16.5. The Hall–Kier alpha value is -2.08. The van der Waals surface area contributed by atoms with Gasteiger partial charge in [0.2, 0.25) is 0 Å². The molecule has 6 nitrogen and oxygen atoms in total. The third-order valence-corrected chi connectivity index (χ3v) is 2.87. The van der Waals surface area contributed by atoms with Crippen LogP contribution in [0.1, 0.15) is 24.2 Å². The molecule has 21 heavy (non-hydrogen) atoms. The zero-order valence-electron chi connectivity index (χ0n) is 12.5. The third kappa shape index (κ3) is 5.43. The molecular formula is C15H21NO5. The molecule has 0 saturated carbocycles. The van der Waals surface area contributed by atoms with Gasteiger partial charge in [0.05, 0.1) is 6.61 Å². The zero-order chi connectivity index (χ0) is 15.8. The van der Waals surface area contributed by atoms with Gasteiger partial charge in [-0.15, -0.1) is 0 Å². The van der Waals surface area contributed by atoms with E-state index < -0.39 is 17.9 Å². The molecule has 1 rings (SSSR count). The number of hydrogen-bond acceptors (Lipinski definition) is 4. The van der Waals surface area contributed by atoms with Crippen molar-refractivity contribution >= 4 is 11.9 Å². The average molecular weight is 295 g/mol. The maximum absolute atomic E-state index is 12.1. The first-order valence-electron chi connectivity index (χ1n) is 6.71. The van der Waals surface area contributed by atoms with E-state index in [0.29, 0.717) is 24.5 Å². The number of hydrogen-bond donors (Lipinski definition) is 2. The molecular weight excluding hydrogens is 274 g/mol. The molecule has 0 aliphatic carbocycles. The summed E-state index contributed by atoms with van der Waals surface area (Å²) in [5, 5.41) is 11.6. The van der Waals surface area contributed by atoms with E-state index in [-0.39, 0.29) is 5.92 Å². The summed E-state index contributed by atoms with van der Waals surface area (Å²) in [4.78, 5) is 23.2. The minimum Gasteiger partial charge on any atom is -0.491 e. The van der Waals surface area contributed by atoms with Crippen LogP contribution in [0.25, 0.3) is 0 Å². The predicted octanol–water partition coefficient (Wildman–Crippen LogP) is 1.55. The lowest BCUT2D eigenvalue weighted by molar-refractivity contribution is -0.140. The van der Waals surface area contributed by atoms with Crippen LogP contribution < -0.4 is 10.1 Å². The summed E-state index contributed by atoms with van der Waals surface area (Å²) in [7, 11) is 1.57. The number of amides is 1. The van der Waals surface area contributed by atoms with Crippen molar-refractivity contribution in [3.05, 3.63) is 29.8 Å². The van der Waals surface area contributed by atoms with E-state index in [1.807, 2.05) is 0 Å². The SMILES string of the molecule is COCCOc1cccc(C(=O)NC(C(=O)O)C(C)C)c1. The minimum atomic E-state index is -1.05. The molecule has 0 spiro atoms. The molecule has 1 aromatic carbocycles. The van der Waals surface area contributed by atoms with Crippen LogP contribution in [0.5, 0.6) is 5.75 Å². The first-order valence-corrected chi connectivity index (χ1v) is 6.71. The van der Waals surface area contributed by atoms with Gasteiger partial charge in [-0.05, 0) is 24.1 Å². The number of carbonyl (C=O) groups excluding carboxylic acids is 1. The van der Waals surface area contributed by atoms with Crippen molar-refractivity contribution in [1.82, 2.24) is 5.32 Å². The molecule has 2 N–H and O–H groups in total. The van der Waals surface area contributed by atoms with Crippen LogP contribution in [0.2, 0.25) is 0 Å². The number of carboxylic acid groups (broad SMARTS) is 1. The van der Waals surface area contributed by atoms with Gasteiger partial charge >= 0.3 is 5.97 Å². The summed E-state index contributed by atoms with van der Waals surface area (Å²) < 4.78 is 10.3. The van der Waals surface area contributed by atoms with Crippen molar-refractivity contribution in [2.24, 2.45) is 5.92 Å². The Bertz CT molecular complexity index is 487. The summed E-state index contributed by atoms with van der Waals surface area (Å²) in [6.45, 7) is 4.31. The normalized spacial score (nSPS) is 12.0. The molecule has 0 aliphatic rings. The lowest BCUT2D eigenvalue weighted by atomic mass is 10.0. The van der Waals surface area contributed by atoms with E-state index in [4.69, 9.17) is 14.6 Å². The Balaban J connectivity index is 2.73. The lowest BCUT2D eigenvalue weighted by Crippen LogP contribution is -2.44. The summed E-state index contributed by atoms with van der Waals surface area (Å²) in [6.07, 6.45) is 0. The Labute approximate surface area is 124 Å². The van der Waals surface area contributed by atoms with Crippen molar-refractivity contribution in [2.75, 3.05) is 20.3 Å². The highest BCUT2D eigenvalue weighted by Gasteiger charge is 2.23. The zero-order valence-corrected chi connectivity index (χ0v) is 12.5. The number of aliphatic carboxylic acids is 1. The summed E-state index contributed by atoms with van der Waals surface area (Å²) in [5.74, 6) is -1.15. The van der Waals surface area contributed by atoms with E-state index in [0.717, 1.165) is 0 Å². The van der Waals surface area contributed by atoms with Crippen LogP contribution >= 0.6 is 0 Å². The number of methoxy groups -OCH3 is 1. The van der Waals surface area contributed by atoms with E-state index in [1.165, 1.54) is 0 Å². The topological polar surface area (TPSA) is 84.9 Å². The Kier molecular flexibility index (Phi) is 6.68. The molecule has 6 heteroatoms. The fourth-order valence-electron chi connectivity index (χ4n) is 1.71. The molecule has 0 radical (unpaired) electrons. The van der Waals surface area contributed by atoms with Crippen LogP contribution in [0, 0.1) is 5.92 Å². The fourth-order valence-corrected chi connectivity index (χ4v) is 1.71. The van der Waals surface area contributed by atoms with Crippen molar-refractivity contribution in [3.63, 3.8) is 0 Å². The lowest BCUT2D eigenvalue weighted by Gasteiger charge is -2.18. The highest BCUT2D eigenvalue weighted by molar-refractivity contribution is 5.96. The van der Waals surface area contributed by atoms with Crippen LogP contribution in [0.3, 0.4) is 0 Å². The molecule has 0 fully saturated rings. The van der Waals surface area contributed by atoms with Gasteiger partial charge in [0, 0.05) is 12.7 Å². The quantitative estimate of drug-likeness (QED) is 0.711. The van der Waals surface area contributed by atoms with Crippen molar-refractivity contribution < 1.29 is 24.2 Å². The first kappa shape index (κ1) is 17.0. The van der Waals surface area contributed by atoms with Gasteiger partial charge in [-0.1, -0.05) is 19.9 Å². The molecule has 0 aliphatic heterocycles. The summed E-state index contributed by atoms with van der Waals surface area (Å²) >= 11 is 0. The molecule has 0 saturated heterocycles. The second kappa shape index (κ2) is 8.26. The smallest absolute Gasteiger partial charge is 0.326 e. The summed E-state index contributed by atoms with van der Waals surface area (Å²) in [6, 6.07) is 5.67. The van der Waals surface area contributed by atoms with E-state index in [2.05, 4.69) is 5.32 Å². The molecule has 1 unspecified atom stereocenters. The van der Waals surface area contributed by atoms with E-state index >= 15 is 0 Å². The second-order valence-electron chi connectivity index (χ2n) is 4.90. The second-order valence-corrected chi connectivity index (χ2v) is 4.90.